The van der Waals surface area contributed by atoms with Gasteiger partial charge >= 0.3 is 0 Å². The second-order valence-electron chi connectivity index (χ2n) is 7.19. The van der Waals surface area contributed by atoms with Gasteiger partial charge in [0.25, 0.3) is 5.91 Å². The van der Waals surface area contributed by atoms with Crippen molar-refractivity contribution in [2.24, 2.45) is 0 Å². The first-order valence-electron chi connectivity index (χ1n) is 10.1. The van der Waals surface area contributed by atoms with Crippen LogP contribution in [0.5, 0.6) is 5.75 Å². The first kappa shape index (κ1) is 20.5. The largest absolute Gasteiger partial charge is 0.497 e. The van der Waals surface area contributed by atoms with E-state index in [1.54, 1.807) is 54.4 Å². The van der Waals surface area contributed by atoms with Gasteiger partial charge in [0, 0.05) is 23.5 Å². The van der Waals surface area contributed by atoms with Gasteiger partial charge in [-0.15, -0.1) is 17.8 Å². The molecule has 4 aromatic rings. The highest BCUT2D eigenvalue weighted by Crippen LogP contribution is 2.35. The summed E-state index contributed by atoms with van der Waals surface area (Å²) >= 11 is 1.48. The van der Waals surface area contributed by atoms with Crippen LogP contribution in [0.3, 0.4) is 0 Å². The molecule has 0 saturated heterocycles. The minimum absolute atomic E-state index is 0.271. The molecular weight excluding hydrogens is 432 g/mol. The summed E-state index contributed by atoms with van der Waals surface area (Å²) in [5, 5.41) is 4.86. The third-order valence-electron chi connectivity index (χ3n) is 5.14. The summed E-state index contributed by atoms with van der Waals surface area (Å²) in [6.07, 6.45) is 10.6. The number of hydrogen-bond acceptors (Lipinski definition) is 5. The smallest absolute Gasteiger partial charge is 0.256 e. The van der Waals surface area contributed by atoms with E-state index in [1.807, 2.05) is 11.4 Å². The zero-order valence-electron chi connectivity index (χ0n) is 17.6. The van der Waals surface area contributed by atoms with Crippen LogP contribution in [0.25, 0.3) is 27.3 Å². The number of methoxy groups -OCH3 is 1. The van der Waals surface area contributed by atoms with Crippen molar-refractivity contribution in [1.82, 2.24) is 14.4 Å². The van der Waals surface area contributed by atoms with E-state index in [1.165, 1.54) is 22.5 Å². The van der Waals surface area contributed by atoms with Gasteiger partial charge in [-0.2, -0.15) is 0 Å². The number of hydrogen-bond donors (Lipinski definition) is 1. The van der Waals surface area contributed by atoms with Crippen molar-refractivity contribution in [2.75, 3.05) is 12.4 Å². The van der Waals surface area contributed by atoms with Crippen molar-refractivity contribution in [3.63, 3.8) is 0 Å². The Bertz CT molecular complexity index is 1510. The number of ether oxygens (including phenoxy) is 1. The minimum atomic E-state index is -0.271. The van der Waals surface area contributed by atoms with E-state index in [2.05, 4.69) is 45.5 Å². The van der Waals surface area contributed by atoms with E-state index in [0.717, 1.165) is 10.4 Å². The number of carbonyl (C=O) groups excluding carboxylic acids is 1. The summed E-state index contributed by atoms with van der Waals surface area (Å²) in [6.45, 7) is 0. The highest BCUT2D eigenvalue weighted by molar-refractivity contribution is 7.13. The van der Waals surface area contributed by atoms with E-state index < -0.39 is 0 Å². The molecule has 1 N–H and O–H groups in total. The molecule has 33 heavy (non-hydrogen) atoms. The Balaban J connectivity index is 0.000000324. The Kier molecular flexibility index (Phi) is 5.35. The van der Waals surface area contributed by atoms with Crippen LogP contribution >= 0.6 is 11.3 Å². The number of terminal acetylenes is 1. The standard InChI is InChI=1S/C20H14N4O2S.C6H4/c1-3-13-7-10-27-18(13)17-19(24-9-8-21-12-16(24)22-17)23-20(25)14-5-4-6-15(11-14)26-2;1-2-5-4-6(5)3-1/h1,4-12H,2H3,(H,23,25);1-4H. The molecule has 0 saturated carbocycles. The third-order valence-corrected chi connectivity index (χ3v) is 6.06. The first-order chi connectivity index (χ1) is 16.2. The maximum absolute atomic E-state index is 12.8. The monoisotopic (exact) mass is 450 g/mol. The zero-order valence-corrected chi connectivity index (χ0v) is 18.5. The van der Waals surface area contributed by atoms with Crippen LogP contribution in [0.4, 0.5) is 5.82 Å². The quantitative estimate of drug-likeness (QED) is 0.367. The van der Waals surface area contributed by atoms with Crippen molar-refractivity contribution in [3.8, 4) is 39.8 Å². The number of nitrogens with zero attached hydrogens (tertiary/aromatic N) is 3. The molecule has 7 heteroatoms. The highest BCUT2D eigenvalue weighted by Gasteiger charge is 2.20. The number of carbonyl (C=O) groups is 1. The summed E-state index contributed by atoms with van der Waals surface area (Å²) in [6, 6.07) is 17.3. The van der Waals surface area contributed by atoms with E-state index in [-0.39, 0.29) is 5.91 Å². The number of anilines is 1. The van der Waals surface area contributed by atoms with Crippen molar-refractivity contribution in [2.45, 2.75) is 0 Å². The average Bonchev–Trinajstić information content (AvgIpc) is 3.21. The van der Waals surface area contributed by atoms with Crippen LogP contribution in [0.1, 0.15) is 15.9 Å². The lowest BCUT2D eigenvalue weighted by Gasteiger charge is -2.08. The van der Waals surface area contributed by atoms with Gasteiger partial charge in [-0.05, 0) is 46.8 Å². The molecule has 0 fully saturated rings. The normalized spacial score (nSPS) is 10.7. The second-order valence-corrected chi connectivity index (χ2v) is 8.10. The molecule has 3 heterocycles. The van der Waals surface area contributed by atoms with Gasteiger partial charge in [-0.25, -0.2) is 4.98 Å². The fourth-order valence-electron chi connectivity index (χ4n) is 3.41. The number of nitrogens with one attached hydrogen (secondary N) is 1. The van der Waals surface area contributed by atoms with E-state index in [0.29, 0.717) is 28.5 Å². The summed E-state index contributed by atoms with van der Waals surface area (Å²) in [5.74, 6) is 3.54. The SMILES string of the molecule is C#Cc1ccsc1-c1nc2cnccn2c1NC(=O)c1cccc(OC)c1.c1cc2cc-2c1. The lowest BCUT2D eigenvalue weighted by Crippen LogP contribution is -2.14. The molecular formula is C26H18N4O2S. The highest BCUT2D eigenvalue weighted by atomic mass is 32.1. The minimum Gasteiger partial charge on any atom is -0.497 e. The van der Waals surface area contributed by atoms with Crippen molar-refractivity contribution >= 4 is 28.7 Å². The third kappa shape index (κ3) is 4.07. The number of aromatic nitrogens is 3. The Morgan fingerprint density at radius 3 is 2.67 bits per heavy atom. The molecule has 0 spiro atoms. The Morgan fingerprint density at radius 1 is 1.15 bits per heavy atom. The van der Waals surface area contributed by atoms with Crippen molar-refractivity contribution < 1.29 is 9.53 Å². The molecule has 6 rings (SSSR count). The number of imidazole rings is 1. The summed E-state index contributed by atoms with van der Waals surface area (Å²) in [4.78, 5) is 22.4. The number of thiophene rings is 1. The fourth-order valence-corrected chi connectivity index (χ4v) is 4.26. The van der Waals surface area contributed by atoms with E-state index >= 15 is 0 Å². The van der Waals surface area contributed by atoms with Gasteiger partial charge in [0.15, 0.2) is 5.65 Å². The molecule has 1 amide bonds. The van der Waals surface area contributed by atoms with Gasteiger partial charge in [0.1, 0.15) is 17.3 Å². The molecule has 6 nitrogen and oxygen atoms in total. The van der Waals surface area contributed by atoms with Gasteiger partial charge in [-0.3, -0.25) is 14.2 Å². The zero-order chi connectivity index (χ0) is 22.8. The number of benzene rings is 2. The van der Waals surface area contributed by atoms with Crippen LogP contribution < -0.4 is 10.1 Å². The lowest BCUT2D eigenvalue weighted by atomic mass is 10.2. The number of fused-ring (bicyclic) bond motifs is 2. The predicted molar refractivity (Wildman–Crippen MR) is 131 cm³/mol. The Labute approximate surface area is 194 Å². The molecule has 0 aliphatic heterocycles. The van der Waals surface area contributed by atoms with E-state index in [4.69, 9.17) is 11.2 Å². The second kappa shape index (κ2) is 8.61. The topological polar surface area (TPSA) is 68.5 Å². The molecule has 0 atom stereocenters. The van der Waals surface area contributed by atoms with Crippen LogP contribution in [-0.4, -0.2) is 27.4 Å². The number of rotatable bonds is 4. The number of amides is 1. The molecule has 2 aliphatic carbocycles. The summed E-state index contributed by atoms with van der Waals surface area (Å²) in [7, 11) is 1.56. The Morgan fingerprint density at radius 2 is 1.97 bits per heavy atom. The van der Waals surface area contributed by atoms with Crippen LogP contribution in [-0.2, 0) is 0 Å². The van der Waals surface area contributed by atoms with Gasteiger partial charge in [-0.1, -0.05) is 30.2 Å². The first-order valence-corrected chi connectivity index (χ1v) is 11.0. The van der Waals surface area contributed by atoms with Gasteiger partial charge < -0.3 is 10.1 Å². The average molecular weight is 451 g/mol. The fraction of sp³-hybridized carbons (Fsp3) is 0.0385. The van der Waals surface area contributed by atoms with E-state index in [9.17, 15) is 4.79 Å². The molecule has 0 bridgehead atoms. The molecule has 160 valence electrons. The predicted octanol–water partition coefficient (Wildman–Crippen LogP) is 5.37. The summed E-state index contributed by atoms with van der Waals surface area (Å²) in [5.41, 5.74) is 5.29. The maximum atomic E-state index is 12.8. The molecule has 2 aliphatic rings. The Hall–Kier alpha value is -4.41. The summed E-state index contributed by atoms with van der Waals surface area (Å²) < 4.78 is 6.98. The van der Waals surface area contributed by atoms with Gasteiger partial charge in [0.05, 0.1) is 18.2 Å². The van der Waals surface area contributed by atoms with Crippen molar-refractivity contribution in [1.29, 1.82) is 0 Å². The molecule has 0 radical (unpaired) electrons. The molecule has 0 unspecified atom stereocenters. The van der Waals surface area contributed by atoms with Crippen LogP contribution in [0.15, 0.2) is 78.6 Å². The maximum Gasteiger partial charge on any atom is 0.256 e. The van der Waals surface area contributed by atoms with Gasteiger partial charge in [0.2, 0.25) is 0 Å². The van der Waals surface area contributed by atoms with Crippen LogP contribution in [0.2, 0.25) is 0 Å². The molecule has 3 aromatic heterocycles. The van der Waals surface area contributed by atoms with Crippen molar-refractivity contribution in [3.05, 3.63) is 89.7 Å². The molecule has 1 aromatic carbocycles. The van der Waals surface area contributed by atoms with Crippen LogP contribution in [0, 0.1) is 12.3 Å². The lowest BCUT2D eigenvalue weighted by molar-refractivity contribution is 0.102.